The first-order chi connectivity index (χ1) is 10.6. The zero-order chi connectivity index (χ0) is 15.7. The molecule has 7 heteroatoms. The second-order valence-electron chi connectivity index (χ2n) is 4.91. The quantitative estimate of drug-likeness (QED) is 0.665. The van der Waals surface area contributed by atoms with Gasteiger partial charge in [0.1, 0.15) is 22.4 Å². The molecule has 1 N–H and O–H groups in total. The van der Waals surface area contributed by atoms with Crippen LogP contribution in [0.15, 0.2) is 40.3 Å². The van der Waals surface area contributed by atoms with Crippen molar-refractivity contribution < 1.29 is 9.50 Å². The van der Waals surface area contributed by atoms with E-state index >= 15 is 0 Å². The van der Waals surface area contributed by atoms with Crippen molar-refractivity contribution in [3.63, 3.8) is 0 Å². The molecule has 0 radical (unpaired) electrons. The van der Waals surface area contributed by atoms with Gasteiger partial charge in [-0.15, -0.1) is 11.8 Å². The Morgan fingerprint density at radius 3 is 2.68 bits per heavy atom. The van der Waals surface area contributed by atoms with Gasteiger partial charge in [0.05, 0.1) is 4.90 Å². The van der Waals surface area contributed by atoms with E-state index in [-0.39, 0.29) is 11.6 Å². The zero-order valence-corrected chi connectivity index (χ0v) is 13.9. The van der Waals surface area contributed by atoms with E-state index in [1.54, 1.807) is 30.1 Å². The molecule has 0 saturated carbocycles. The molecule has 1 aliphatic rings. The maximum Gasteiger partial charge on any atom is 0.149 e. The number of rotatable bonds is 2. The van der Waals surface area contributed by atoms with Crippen LogP contribution in [-0.4, -0.2) is 40.8 Å². The van der Waals surface area contributed by atoms with Gasteiger partial charge in [-0.1, -0.05) is 0 Å². The van der Waals surface area contributed by atoms with Gasteiger partial charge in [0.25, 0.3) is 0 Å². The number of hydrogen-bond donors (Lipinski definition) is 1. The topological polar surface area (TPSA) is 39.6 Å². The minimum absolute atomic E-state index is 0.188. The molecule has 116 valence electrons. The number of thioether (sulfide) groups is 1. The molecule has 22 heavy (non-hydrogen) atoms. The lowest BCUT2D eigenvalue weighted by Crippen LogP contribution is -2.25. The molecule has 0 saturated heterocycles. The van der Waals surface area contributed by atoms with E-state index in [1.807, 2.05) is 13.3 Å². The van der Waals surface area contributed by atoms with Crippen molar-refractivity contribution in [1.82, 2.24) is 9.29 Å². The van der Waals surface area contributed by atoms with E-state index in [4.69, 9.17) is 0 Å². The molecule has 0 aliphatic carbocycles. The molecular weight excluding hydrogens is 321 g/mol. The number of pyridine rings is 1. The summed E-state index contributed by atoms with van der Waals surface area (Å²) in [6, 6.07) is 8.15. The van der Waals surface area contributed by atoms with E-state index in [2.05, 4.69) is 14.2 Å². The van der Waals surface area contributed by atoms with Crippen LogP contribution in [0, 0.1) is 5.82 Å². The van der Waals surface area contributed by atoms with Crippen LogP contribution in [0.3, 0.4) is 0 Å². The maximum atomic E-state index is 13.2. The molecule has 0 atom stereocenters. The largest absolute Gasteiger partial charge is 0.505 e. The summed E-state index contributed by atoms with van der Waals surface area (Å²) in [6.07, 6.45) is 1.88. The maximum absolute atomic E-state index is 13.2. The Hall–Kier alpha value is -1.44. The first kappa shape index (κ1) is 15.5. The molecule has 3 rings (SSSR count). The van der Waals surface area contributed by atoms with Gasteiger partial charge < -0.3 is 10.0 Å². The minimum atomic E-state index is -0.256. The molecule has 0 amide bonds. The van der Waals surface area contributed by atoms with Gasteiger partial charge in [0, 0.05) is 24.8 Å². The summed E-state index contributed by atoms with van der Waals surface area (Å²) in [7, 11) is 2.00. The second-order valence-corrected chi connectivity index (χ2v) is 6.95. The minimum Gasteiger partial charge on any atom is -0.505 e. The Kier molecular flexibility index (Phi) is 4.46. The first-order valence-electron chi connectivity index (χ1n) is 6.78. The Labute approximate surface area is 137 Å². The van der Waals surface area contributed by atoms with Crippen molar-refractivity contribution in [1.29, 1.82) is 0 Å². The highest BCUT2D eigenvalue weighted by Crippen LogP contribution is 2.41. The van der Waals surface area contributed by atoms with Crippen molar-refractivity contribution in [3.05, 3.63) is 36.1 Å². The molecular formula is C15H16FN3OS2. The van der Waals surface area contributed by atoms with Crippen molar-refractivity contribution >= 4 is 35.2 Å². The van der Waals surface area contributed by atoms with Gasteiger partial charge >= 0.3 is 0 Å². The molecule has 0 unspecified atom stereocenters. The van der Waals surface area contributed by atoms with E-state index in [0.29, 0.717) is 5.03 Å². The van der Waals surface area contributed by atoms with E-state index < -0.39 is 0 Å². The monoisotopic (exact) mass is 337 g/mol. The van der Waals surface area contributed by atoms with Gasteiger partial charge in [0.15, 0.2) is 0 Å². The van der Waals surface area contributed by atoms with Crippen LogP contribution >= 0.6 is 23.7 Å². The average Bonchev–Trinajstić information content (AvgIpc) is 2.65. The summed E-state index contributed by atoms with van der Waals surface area (Å²) in [4.78, 5) is 7.55. The molecule has 4 nitrogen and oxygen atoms in total. The van der Waals surface area contributed by atoms with Crippen LogP contribution in [0.1, 0.15) is 0 Å². The average molecular weight is 337 g/mol. The molecule has 0 bridgehead atoms. The highest BCUT2D eigenvalue weighted by Gasteiger charge is 2.23. The van der Waals surface area contributed by atoms with Crippen molar-refractivity contribution in [2.24, 2.45) is 0 Å². The summed E-state index contributed by atoms with van der Waals surface area (Å²) in [5.74, 6) is 0.727. The lowest BCUT2D eigenvalue weighted by molar-refractivity contribution is 0.455. The third-order valence-corrected chi connectivity index (χ3v) is 5.07. The number of hydrogen-bond acceptors (Lipinski definition) is 6. The summed E-state index contributed by atoms with van der Waals surface area (Å²) in [5.41, 5.74) is 0.892. The predicted molar refractivity (Wildman–Crippen MR) is 89.6 cm³/mol. The van der Waals surface area contributed by atoms with Crippen molar-refractivity contribution in [3.8, 4) is 5.75 Å². The second kappa shape index (κ2) is 6.36. The summed E-state index contributed by atoms with van der Waals surface area (Å²) in [6.45, 7) is 1.57. The normalized spacial score (nSPS) is 15.5. The van der Waals surface area contributed by atoms with Crippen molar-refractivity contribution in [2.75, 3.05) is 31.3 Å². The zero-order valence-electron chi connectivity index (χ0n) is 12.3. The van der Waals surface area contributed by atoms with Crippen LogP contribution in [-0.2, 0) is 0 Å². The molecule has 1 aliphatic heterocycles. The number of aromatic hydroxyl groups is 1. The SMILES string of the molecule is CSc1nc2c(cc1O)SN(C)CCN2c1ccc(F)cc1. The Morgan fingerprint density at radius 2 is 2.00 bits per heavy atom. The standard InChI is InChI=1S/C15H16FN3OS2/c1-18-7-8-19(11-5-3-10(16)4-6-11)14-13(22-18)9-12(20)15(17-14)21-2/h3-6,9,20H,7-8H2,1-2H3. The number of fused-ring (bicyclic) bond motifs is 1. The highest BCUT2D eigenvalue weighted by molar-refractivity contribution is 7.98. The van der Waals surface area contributed by atoms with Crippen molar-refractivity contribution in [2.45, 2.75) is 9.92 Å². The van der Waals surface area contributed by atoms with E-state index in [1.165, 1.54) is 23.9 Å². The van der Waals surface area contributed by atoms with Gasteiger partial charge in [-0.3, -0.25) is 0 Å². The Bertz CT molecular complexity index is 681. The summed E-state index contributed by atoms with van der Waals surface area (Å²) >= 11 is 2.96. The van der Waals surface area contributed by atoms with Gasteiger partial charge in [-0.05, 0) is 49.5 Å². The predicted octanol–water partition coefficient (Wildman–Crippen LogP) is 3.74. The number of nitrogens with zero attached hydrogens (tertiary/aromatic N) is 3. The Balaban J connectivity index is 2.10. The van der Waals surface area contributed by atoms with E-state index in [0.717, 1.165) is 29.5 Å². The first-order valence-corrected chi connectivity index (χ1v) is 8.78. The fraction of sp³-hybridized carbons (Fsp3) is 0.267. The number of halogens is 1. The summed E-state index contributed by atoms with van der Waals surface area (Å²) < 4.78 is 15.3. The molecule has 2 heterocycles. The lowest BCUT2D eigenvalue weighted by atomic mass is 10.2. The van der Waals surface area contributed by atoms with Gasteiger partial charge in [-0.25, -0.2) is 13.7 Å². The number of anilines is 2. The Morgan fingerprint density at radius 1 is 1.27 bits per heavy atom. The third kappa shape index (κ3) is 3.02. The molecule has 1 aromatic carbocycles. The highest BCUT2D eigenvalue weighted by atomic mass is 32.2. The van der Waals surface area contributed by atoms with Gasteiger partial charge in [0.2, 0.25) is 0 Å². The van der Waals surface area contributed by atoms with Crippen LogP contribution in [0.2, 0.25) is 0 Å². The van der Waals surface area contributed by atoms with Crippen LogP contribution in [0.5, 0.6) is 5.75 Å². The van der Waals surface area contributed by atoms with Crippen LogP contribution in [0.25, 0.3) is 0 Å². The molecule has 1 aromatic heterocycles. The van der Waals surface area contributed by atoms with E-state index in [9.17, 15) is 9.50 Å². The lowest BCUT2D eigenvalue weighted by Gasteiger charge is -2.23. The molecule has 0 fully saturated rings. The molecule has 0 spiro atoms. The third-order valence-electron chi connectivity index (χ3n) is 3.39. The van der Waals surface area contributed by atoms with Crippen LogP contribution in [0.4, 0.5) is 15.9 Å². The fourth-order valence-corrected chi connectivity index (χ4v) is 3.66. The van der Waals surface area contributed by atoms with Gasteiger partial charge in [-0.2, -0.15) is 0 Å². The fourth-order valence-electron chi connectivity index (χ4n) is 2.30. The molecule has 2 aromatic rings. The smallest absolute Gasteiger partial charge is 0.149 e. The number of aromatic nitrogens is 1. The summed E-state index contributed by atoms with van der Waals surface area (Å²) in [5, 5.41) is 10.6. The van der Waals surface area contributed by atoms with Crippen LogP contribution < -0.4 is 4.90 Å². The number of benzene rings is 1. The number of likely N-dealkylation sites (N-methyl/N-ethyl adjacent to an activating group) is 1.